The fourth-order valence-electron chi connectivity index (χ4n) is 1.99. The third-order valence-electron chi connectivity index (χ3n) is 2.98. The van der Waals surface area contributed by atoms with Crippen molar-refractivity contribution < 1.29 is 33.6 Å². The topological polar surface area (TPSA) is 108 Å². The molecule has 0 amide bonds. The number of nitrogens with zero attached hydrogens (tertiary/aromatic N) is 3. The highest BCUT2D eigenvalue weighted by Crippen LogP contribution is 2.16. The Bertz CT molecular complexity index is 510. The number of carboxylic acid groups (broad SMARTS) is 1. The van der Waals surface area contributed by atoms with Crippen molar-refractivity contribution in [1.82, 2.24) is 9.98 Å². The molecule has 1 aromatic rings. The molecule has 0 spiro atoms. The van der Waals surface area contributed by atoms with E-state index in [1.165, 1.54) is 4.96 Å². The number of ether oxygens (including phenoxy) is 2. The largest absolute Gasteiger partial charge is 0.511 e. The quantitative estimate of drug-likeness (QED) is 0.622. The van der Waals surface area contributed by atoms with E-state index in [1.54, 1.807) is 25.8 Å². The Labute approximate surface area is 126 Å². The minimum absolute atomic E-state index is 0.335. The zero-order chi connectivity index (χ0) is 16.3. The van der Waals surface area contributed by atoms with E-state index >= 15 is 0 Å². The molecule has 2 rings (SSSR count). The smallest absolute Gasteiger partial charge is 0.481 e. The predicted molar refractivity (Wildman–Crippen MR) is 71.8 cm³/mol. The van der Waals surface area contributed by atoms with Gasteiger partial charge in [0.2, 0.25) is 0 Å². The number of carboxylic acids is 1. The highest BCUT2D eigenvalue weighted by molar-refractivity contribution is 5.70. The van der Waals surface area contributed by atoms with Crippen molar-refractivity contribution >= 4 is 12.1 Å². The first-order chi connectivity index (χ1) is 10.3. The summed E-state index contributed by atoms with van der Waals surface area (Å²) < 4.78 is 14.7. The molecule has 0 saturated carbocycles. The summed E-state index contributed by atoms with van der Waals surface area (Å²) in [5.41, 5.74) is -0.640. The van der Waals surface area contributed by atoms with E-state index in [9.17, 15) is 9.59 Å². The Morgan fingerprint density at radius 1 is 1.36 bits per heavy atom. The molecule has 2 heterocycles. The maximum Gasteiger partial charge on any atom is 0.511 e. The van der Waals surface area contributed by atoms with E-state index in [4.69, 9.17) is 24.0 Å². The molecule has 0 aromatic carbocycles. The molecule has 126 valence electrons. The number of carbonyl (C=O) groups excluding carboxylic acids is 1. The predicted octanol–water partition coefficient (Wildman–Crippen LogP) is 0.653. The van der Waals surface area contributed by atoms with Gasteiger partial charge in [0.15, 0.2) is 0 Å². The Morgan fingerprint density at radius 2 is 2.09 bits per heavy atom. The fourth-order valence-corrected chi connectivity index (χ4v) is 1.99. The van der Waals surface area contributed by atoms with Gasteiger partial charge in [-0.3, -0.25) is 9.80 Å². The minimum atomic E-state index is -0.843. The van der Waals surface area contributed by atoms with Crippen LogP contribution in [0.3, 0.4) is 0 Å². The Morgan fingerprint density at radius 3 is 2.73 bits per heavy atom. The molecule has 0 radical (unpaired) electrons. The summed E-state index contributed by atoms with van der Waals surface area (Å²) in [5, 5.41) is 11.7. The van der Waals surface area contributed by atoms with Gasteiger partial charge in [-0.1, -0.05) is 0 Å². The zero-order valence-electron chi connectivity index (χ0n) is 12.9. The summed E-state index contributed by atoms with van der Waals surface area (Å²) >= 11 is 0. The summed E-state index contributed by atoms with van der Waals surface area (Å²) in [4.78, 5) is 28.6. The van der Waals surface area contributed by atoms with Gasteiger partial charge in [0.05, 0.1) is 12.5 Å². The van der Waals surface area contributed by atoms with Crippen LogP contribution in [0.4, 0.5) is 4.79 Å². The molecule has 0 bridgehead atoms. The van der Waals surface area contributed by atoms with Crippen molar-refractivity contribution in [2.24, 2.45) is 5.92 Å². The minimum Gasteiger partial charge on any atom is -0.481 e. The number of aromatic nitrogens is 2. The first kappa shape index (κ1) is 16.1. The third-order valence-corrected chi connectivity index (χ3v) is 2.98. The molecule has 22 heavy (non-hydrogen) atoms. The standard InChI is InChI=1S/C12H21N3O7/c1-12(2,3)21-11(18)19-8-20-15-14(22-15)13-6-4-5-9(7-13)10(16)17/h9H,4-8H2,1-3H3,(H,16,17). The van der Waals surface area contributed by atoms with Crippen molar-refractivity contribution in [3.8, 4) is 0 Å². The summed E-state index contributed by atoms with van der Waals surface area (Å²) in [6, 6.07) is 0. The van der Waals surface area contributed by atoms with Crippen molar-refractivity contribution in [3.05, 3.63) is 0 Å². The summed E-state index contributed by atoms with van der Waals surface area (Å²) in [6.07, 6.45) is 0.547. The zero-order valence-corrected chi connectivity index (χ0v) is 12.9. The first-order valence-corrected chi connectivity index (χ1v) is 7.01. The maximum absolute atomic E-state index is 11.3. The lowest BCUT2D eigenvalue weighted by atomic mass is 10.00. The molecule has 10 heteroatoms. The van der Waals surface area contributed by atoms with Crippen LogP contribution >= 0.6 is 0 Å². The second-order valence-corrected chi connectivity index (χ2v) is 6.02. The molecular formula is C12H21N3O7. The Kier molecular flexibility index (Phi) is 4.57. The lowest BCUT2D eigenvalue weighted by Crippen LogP contribution is -2.44. The van der Waals surface area contributed by atoms with Gasteiger partial charge in [-0.05, 0) is 33.6 Å². The molecule has 1 saturated heterocycles. The molecular weight excluding hydrogens is 298 g/mol. The average Bonchev–Trinajstić information content (AvgIpc) is 3.16. The Hall–Kier alpha value is -2.26. The molecule has 1 aromatic heterocycles. The van der Waals surface area contributed by atoms with E-state index in [2.05, 4.69) is 0 Å². The van der Waals surface area contributed by atoms with Crippen LogP contribution in [-0.2, 0) is 14.3 Å². The average molecular weight is 319 g/mol. The summed E-state index contributed by atoms with van der Waals surface area (Å²) in [7, 11) is 0. The summed E-state index contributed by atoms with van der Waals surface area (Å²) in [5.74, 6) is -1.26. The molecule has 1 atom stereocenters. The van der Waals surface area contributed by atoms with Crippen molar-refractivity contribution in [3.63, 3.8) is 0 Å². The summed E-state index contributed by atoms with van der Waals surface area (Å²) in [6.45, 7) is 5.79. The van der Waals surface area contributed by atoms with Gasteiger partial charge in [0.1, 0.15) is 10.6 Å². The van der Waals surface area contributed by atoms with Crippen LogP contribution in [0, 0.1) is 5.92 Å². The first-order valence-electron chi connectivity index (χ1n) is 7.01. The Balaban J connectivity index is 1.70. The number of hydrogen-bond acceptors (Lipinski definition) is 7. The van der Waals surface area contributed by atoms with E-state index in [1.807, 2.05) is 0 Å². The highest BCUT2D eigenvalue weighted by atomic mass is 17.0. The van der Waals surface area contributed by atoms with E-state index in [-0.39, 0.29) is 6.79 Å². The SMILES string of the molecule is CC(C)(C)OC(=O)OCOn1on1N1CCCC(C(=O)O)C1. The lowest BCUT2D eigenvalue weighted by Gasteiger charge is -2.26. The fraction of sp³-hybridized carbons (Fsp3) is 0.833. The molecule has 1 unspecified atom stereocenters. The maximum atomic E-state index is 11.3. The molecule has 0 aliphatic carbocycles. The van der Waals surface area contributed by atoms with Crippen LogP contribution in [0.5, 0.6) is 0 Å². The van der Waals surface area contributed by atoms with E-state index < -0.39 is 23.6 Å². The number of hydrogen-bond donors (Lipinski definition) is 1. The number of piperidine rings is 1. The van der Waals surface area contributed by atoms with Crippen LogP contribution in [0.2, 0.25) is 0 Å². The molecule has 1 aliphatic rings. The van der Waals surface area contributed by atoms with Gasteiger partial charge < -0.3 is 19.4 Å². The van der Waals surface area contributed by atoms with Crippen LogP contribution in [0.25, 0.3) is 0 Å². The van der Waals surface area contributed by atoms with Crippen LogP contribution in [0.15, 0.2) is 4.63 Å². The van der Waals surface area contributed by atoms with E-state index in [0.717, 1.165) is 11.4 Å². The van der Waals surface area contributed by atoms with Crippen LogP contribution in [-0.4, -0.2) is 52.7 Å². The van der Waals surface area contributed by atoms with Gasteiger partial charge in [0, 0.05) is 11.5 Å². The van der Waals surface area contributed by atoms with Crippen molar-refractivity contribution in [1.29, 1.82) is 0 Å². The molecule has 10 nitrogen and oxygen atoms in total. The second-order valence-electron chi connectivity index (χ2n) is 6.02. The molecule has 1 N–H and O–H groups in total. The van der Waals surface area contributed by atoms with Crippen molar-refractivity contribution in [2.45, 2.75) is 39.2 Å². The van der Waals surface area contributed by atoms with Gasteiger partial charge in [-0.25, -0.2) is 4.79 Å². The number of rotatable bonds is 5. The highest BCUT2D eigenvalue weighted by Gasteiger charge is 2.31. The van der Waals surface area contributed by atoms with Gasteiger partial charge in [0.25, 0.3) is 6.79 Å². The normalized spacial score (nSPS) is 19.0. The molecule has 1 fully saturated rings. The third kappa shape index (κ3) is 4.64. The van der Waals surface area contributed by atoms with Crippen molar-refractivity contribution in [2.75, 3.05) is 24.9 Å². The number of aliphatic carboxylic acids is 1. The van der Waals surface area contributed by atoms with Gasteiger partial charge in [-0.2, -0.15) is 4.63 Å². The lowest BCUT2D eigenvalue weighted by molar-refractivity contribution is -0.142. The number of carbonyl (C=O) groups is 2. The van der Waals surface area contributed by atoms with Gasteiger partial charge in [-0.15, -0.1) is 0 Å². The van der Waals surface area contributed by atoms with Crippen LogP contribution in [0.1, 0.15) is 33.6 Å². The second kappa shape index (κ2) is 6.24. The van der Waals surface area contributed by atoms with E-state index in [0.29, 0.717) is 19.5 Å². The molecule has 1 aliphatic heterocycles. The van der Waals surface area contributed by atoms with Gasteiger partial charge >= 0.3 is 12.1 Å². The van der Waals surface area contributed by atoms with Crippen LogP contribution < -0.4 is 9.85 Å². The monoisotopic (exact) mass is 319 g/mol.